The second-order valence-electron chi connectivity index (χ2n) is 3.82. The quantitative estimate of drug-likeness (QED) is 0.478. The summed E-state index contributed by atoms with van der Waals surface area (Å²) < 4.78 is -0.650. The summed E-state index contributed by atoms with van der Waals surface area (Å²) in [6.45, 7) is 0. The molecule has 0 aliphatic rings. The number of hydrogen-bond donors (Lipinski definition) is 2. The summed E-state index contributed by atoms with van der Waals surface area (Å²) in [5.41, 5.74) is 2.08. The van der Waals surface area contributed by atoms with Crippen molar-refractivity contribution in [2.75, 3.05) is 0 Å². The van der Waals surface area contributed by atoms with Gasteiger partial charge >= 0.3 is 122 Å². The van der Waals surface area contributed by atoms with Gasteiger partial charge in [-0.15, -0.1) is 0 Å². The van der Waals surface area contributed by atoms with Crippen LogP contribution in [0, 0.1) is 0 Å². The minimum absolute atomic E-state index is 0.203. The van der Waals surface area contributed by atoms with Crippen LogP contribution in [0.4, 0.5) is 0 Å². The Hall–Kier alpha value is -0.341. The van der Waals surface area contributed by atoms with Crippen LogP contribution in [0.1, 0.15) is 15.9 Å². The molecule has 0 aromatic heterocycles. The van der Waals surface area contributed by atoms with Crippen molar-refractivity contribution in [3.8, 4) is 0 Å². The molecule has 0 N–H and O–H groups in total. The first-order chi connectivity index (χ1) is 8.12. The van der Waals surface area contributed by atoms with Gasteiger partial charge < -0.3 is 0 Å². The van der Waals surface area contributed by atoms with E-state index in [-0.39, 0.29) is 4.82 Å². The molecule has 0 radical (unpaired) electrons. The van der Waals surface area contributed by atoms with E-state index in [0.717, 1.165) is 11.1 Å². The Balaban J connectivity index is 2.33. The van der Waals surface area contributed by atoms with Crippen LogP contribution in [0.25, 0.3) is 0 Å². The normalized spacial score (nSPS) is 13.4. The van der Waals surface area contributed by atoms with Gasteiger partial charge in [0.25, 0.3) is 0 Å². The third-order valence-corrected chi connectivity index (χ3v) is 4.70. The molecule has 0 saturated carbocycles. The van der Waals surface area contributed by atoms with Gasteiger partial charge in [0.1, 0.15) is 0 Å². The molecule has 0 aliphatic heterocycles. The summed E-state index contributed by atoms with van der Waals surface area (Å²) in [5, 5.41) is 0. The van der Waals surface area contributed by atoms with Crippen molar-refractivity contribution < 1.29 is 16.0 Å². The molecule has 17 heavy (non-hydrogen) atoms. The van der Waals surface area contributed by atoms with E-state index in [1.807, 2.05) is 60.7 Å². The fourth-order valence-electron chi connectivity index (χ4n) is 1.66. The molecular weight excluding hydrogens is 296 g/mol. The standard InChI is InChI=1S/C14H13S2.Cu/c15-14(16,13-9-5-2-6-10-13)11-12-7-3-1-4-8-12;/h1-11,15-16H;. The van der Waals surface area contributed by atoms with Crippen molar-refractivity contribution in [1.29, 1.82) is 0 Å². The van der Waals surface area contributed by atoms with E-state index in [4.69, 9.17) is 16.0 Å². The van der Waals surface area contributed by atoms with Gasteiger partial charge in [0, 0.05) is 0 Å². The minimum atomic E-state index is -0.650. The number of hydrogen-bond acceptors (Lipinski definition) is 2. The summed E-state index contributed by atoms with van der Waals surface area (Å²) in [5.74, 6) is 0. The third kappa shape index (κ3) is 2.91. The molecule has 0 bridgehead atoms. The van der Waals surface area contributed by atoms with Crippen LogP contribution >= 0.6 is 25.3 Å². The van der Waals surface area contributed by atoms with E-state index in [1.165, 1.54) is 0 Å². The molecule has 1 atom stereocenters. The Morgan fingerprint density at radius 3 is 1.82 bits per heavy atom. The Kier molecular flexibility index (Phi) is 4.26. The fourth-order valence-corrected chi connectivity index (χ4v) is 2.59. The van der Waals surface area contributed by atoms with Crippen molar-refractivity contribution >= 4 is 25.3 Å². The first-order valence-corrected chi connectivity index (χ1v) is 6.71. The SMILES string of the molecule is SC(S)(c1ccccc1)[CH]([Cu])c1ccccc1. The summed E-state index contributed by atoms with van der Waals surface area (Å²) in [6.07, 6.45) is 0. The van der Waals surface area contributed by atoms with E-state index in [1.54, 1.807) is 0 Å². The van der Waals surface area contributed by atoms with Gasteiger partial charge in [-0.2, -0.15) is 0 Å². The first-order valence-electron chi connectivity index (χ1n) is 5.27. The molecule has 3 heteroatoms. The van der Waals surface area contributed by atoms with Gasteiger partial charge in [0.2, 0.25) is 0 Å². The molecule has 0 aliphatic carbocycles. The second kappa shape index (κ2) is 5.53. The molecule has 2 aromatic rings. The zero-order chi connectivity index (χ0) is 12.3. The molecule has 0 nitrogen and oxygen atoms in total. The molecule has 0 saturated heterocycles. The molecule has 2 aromatic carbocycles. The molecule has 0 amide bonds. The van der Waals surface area contributed by atoms with Crippen LogP contribution in [0.3, 0.4) is 0 Å². The Labute approximate surface area is 121 Å². The van der Waals surface area contributed by atoms with Crippen LogP contribution in [0.15, 0.2) is 60.7 Å². The third-order valence-electron chi connectivity index (χ3n) is 2.59. The zero-order valence-corrected chi connectivity index (χ0v) is 11.8. The van der Waals surface area contributed by atoms with Gasteiger partial charge in [-0.3, -0.25) is 0 Å². The van der Waals surface area contributed by atoms with E-state index in [2.05, 4.69) is 25.3 Å². The van der Waals surface area contributed by atoms with Gasteiger partial charge in [-0.1, -0.05) is 0 Å². The monoisotopic (exact) mass is 308 g/mol. The molecule has 0 fully saturated rings. The van der Waals surface area contributed by atoms with Crippen molar-refractivity contribution in [3.05, 3.63) is 71.8 Å². The van der Waals surface area contributed by atoms with Crippen LogP contribution in [0.2, 0.25) is 0 Å². The van der Waals surface area contributed by atoms with E-state index in [0.29, 0.717) is 0 Å². The van der Waals surface area contributed by atoms with Crippen LogP contribution < -0.4 is 0 Å². The second-order valence-corrected chi connectivity index (χ2v) is 6.13. The summed E-state index contributed by atoms with van der Waals surface area (Å²) in [6, 6.07) is 19.9. The Bertz CT molecular complexity index is 468. The van der Waals surface area contributed by atoms with E-state index in [9.17, 15) is 0 Å². The Morgan fingerprint density at radius 1 is 0.824 bits per heavy atom. The predicted molar refractivity (Wildman–Crippen MR) is 75.3 cm³/mol. The molecule has 1 unspecified atom stereocenters. The summed E-state index contributed by atoms with van der Waals surface area (Å²) in [4.78, 5) is -0.203. The maximum atomic E-state index is 5.74. The summed E-state index contributed by atoms with van der Waals surface area (Å²) >= 11 is 15.0. The molecule has 2 rings (SSSR count). The number of thiol groups is 2. The average Bonchev–Trinajstić information content (AvgIpc) is 2.40. The zero-order valence-electron chi connectivity index (χ0n) is 9.05. The summed E-state index contributed by atoms with van der Waals surface area (Å²) in [7, 11) is 0. The molecule has 92 valence electrons. The molecule has 0 heterocycles. The molecular formula is C14H13CuS2. The van der Waals surface area contributed by atoms with Crippen molar-refractivity contribution in [1.82, 2.24) is 0 Å². The van der Waals surface area contributed by atoms with Gasteiger partial charge in [0.05, 0.1) is 0 Å². The fraction of sp³-hybridized carbons (Fsp3) is 0.143. The number of rotatable bonds is 3. The van der Waals surface area contributed by atoms with Crippen molar-refractivity contribution in [2.24, 2.45) is 0 Å². The number of benzene rings is 2. The van der Waals surface area contributed by atoms with Gasteiger partial charge in [-0.05, 0) is 0 Å². The van der Waals surface area contributed by atoms with Crippen LogP contribution in [-0.4, -0.2) is 0 Å². The van der Waals surface area contributed by atoms with Gasteiger partial charge in [-0.25, -0.2) is 0 Å². The van der Waals surface area contributed by atoms with Crippen molar-refractivity contribution in [3.63, 3.8) is 0 Å². The van der Waals surface area contributed by atoms with E-state index < -0.39 is 4.08 Å². The topological polar surface area (TPSA) is 0 Å². The maximum absolute atomic E-state index is 5.74. The van der Waals surface area contributed by atoms with Crippen LogP contribution in [0.5, 0.6) is 0 Å². The van der Waals surface area contributed by atoms with Crippen LogP contribution in [-0.2, 0) is 20.1 Å². The first kappa shape index (κ1) is 13.1. The Morgan fingerprint density at radius 2 is 1.29 bits per heavy atom. The van der Waals surface area contributed by atoms with Crippen molar-refractivity contribution in [2.45, 2.75) is 8.90 Å². The van der Waals surface area contributed by atoms with E-state index >= 15 is 0 Å². The molecule has 0 spiro atoms. The average molecular weight is 309 g/mol. The van der Waals surface area contributed by atoms with Gasteiger partial charge in [0.15, 0.2) is 0 Å². The predicted octanol–water partition coefficient (Wildman–Crippen LogP) is 3.99.